The van der Waals surface area contributed by atoms with E-state index in [0.29, 0.717) is 18.2 Å². The predicted octanol–water partition coefficient (Wildman–Crippen LogP) is 24.4. The van der Waals surface area contributed by atoms with E-state index in [1.54, 1.807) is 12.1 Å². The van der Waals surface area contributed by atoms with Gasteiger partial charge in [-0.2, -0.15) is 79.0 Å². The first-order valence-electron chi connectivity index (χ1n) is 27.7. The molecule has 0 saturated carbocycles. The zero-order valence-electron chi connectivity index (χ0n) is 47.8. The molecule has 0 aliphatic rings. The predicted molar refractivity (Wildman–Crippen MR) is 319 cm³/mol. The Balaban J connectivity index is 1.31. The number of hydrogen-bond donors (Lipinski definition) is 0. The minimum atomic E-state index is -5.46. The van der Waals surface area contributed by atoms with E-state index in [-0.39, 0.29) is 106 Å². The fraction of sp³-hybridized carbons (Fsp3) is 0.127. The summed E-state index contributed by atoms with van der Waals surface area (Å²) < 4.78 is 271. The van der Waals surface area contributed by atoms with Crippen LogP contribution in [0.15, 0.2) is 176 Å². The summed E-state index contributed by atoms with van der Waals surface area (Å²) in [5.41, 5.74) is -13.0. The molecule has 0 unspecified atom stereocenters. The van der Waals surface area contributed by atoms with Gasteiger partial charge in [0.25, 0.3) is 0 Å². The van der Waals surface area contributed by atoms with E-state index in [0.717, 1.165) is 60.7 Å². The Morgan fingerprint density at radius 2 is 0.656 bits per heavy atom. The summed E-state index contributed by atoms with van der Waals surface area (Å²) in [6.45, 7) is 21.0. The highest BCUT2D eigenvalue weighted by molar-refractivity contribution is 6.14. The van der Waals surface area contributed by atoms with Gasteiger partial charge in [0.2, 0.25) is 0 Å². The molecule has 0 aliphatic carbocycles. The van der Waals surface area contributed by atoms with Gasteiger partial charge in [-0.15, -0.1) is 0 Å². The molecule has 0 amide bonds. The Morgan fingerprint density at radius 3 is 1.03 bits per heavy atom. The number of benzene rings is 10. The summed E-state index contributed by atoms with van der Waals surface area (Å²) in [7, 11) is 0. The highest BCUT2D eigenvalue weighted by Crippen LogP contribution is 2.52. The van der Waals surface area contributed by atoms with Crippen molar-refractivity contribution in [1.82, 2.24) is 9.13 Å². The van der Waals surface area contributed by atoms with E-state index in [2.05, 4.69) is 9.69 Å². The van der Waals surface area contributed by atoms with E-state index < -0.39 is 110 Å². The molecule has 0 aliphatic heterocycles. The quantitative estimate of drug-likeness (QED) is 0.112. The zero-order chi connectivity index (χ0) is 67.0. The van der Waals surface area contributed by atoms with Gasteiger partial charge in [-0.25, -0.2) is 9.69 Å². The zero-order valence-corrected chi connectivity index (χ0v) is 47.8. The molecule has 0 spiro atoms. The van der Waals surface area contributed by atoms with Crippen LogP contribution < -0.4 is 0 Å². The van der Waals surface area contributed by atoms with Crippen LogP contribution in [0, 0.1) is 33.9 Å². The summed E-state index contributed by atoms with van der Waals surface area (Å²) in [6.07, 6.45) is -30.8. The lowest BCUT2D eigenvalue weighted by molar-refractivity contribution is -0.143. The topological polar surface area (TPSA) is 18.6 Å². The fourth-order valence-corrected chi connectivity index (χ4v) is 12.3. The minimum absolute atomic E-state index is 0.00356. The van der Waals surface area contributed by atoms with Gasteiger partial charge in [0.15, 0.2) is 11.4 Å². The van der Waals surface area contributed by atoms with E-state index in [9.17, 15) is 26.3 Å². The Labute approximate surface area is 515 Å². The number of hydrogen-bond acceptors (Lipinski definition) is 0. The third-order valence-corrected chi connectivity index (χ3v) is 16.4. The van der Waals surface area contributed by atoms with E-state index in [4.69, 9.17) is 13.1 Å². The van der Waals surface area contributed by atoms with Gasteiger partial charge in [0, 0.05) is 21.5 Å². The second kappa shape index (κ2) is 21.9. The van der Waals surface area contributed by atoms with Crippen LogP contribution >= 0.6 is 0 Å². The number of fused-ring (bicyclic) bond motifs is 6. The van der Waals surface area contributed by atoms with Crippen molar-refractivity contribution >= 4 is 55.0 Å². The number of alkyl halides is 18. The molecule has 0 bridgehead atoms. The van der Waals surface area contributed by atoms with Gasteiger partial charge in [-0.1, -0.05) is 114 Å². The summed E-state index contributed by atoms with van der Waals surface area (Å²) >= 11 is 0. The van der Waals surface area contributed by atoms with Crippen molar-refractivity contribution in [2.75, 3.05) is 0 Å². The number of halogens is 18. The molecule has 4 nitrogen and oxygen atoms in total. The molecule has 0 radical (unpaired) electrons. The van der Waals surface area contributed by atoms with Crippen molar-refractivity contribution in [3.05, 3.63) is 249 Å². The highest BCUT2D eigenvalue weighted by Gasteiger charge is 2.41. The van der Waals surface area contributed by atoms with E-state index in [1.165, 1.54) is 109 Å². The van der Waals surface area contributed by atoms with E-state index in [1.807, 2.05) is 0 Å². The van der Waals surface area contributed by atoms with Crippen molar-refractivity contribution in [2.45, 2.75) is 57.8 Å². The molecule has 2 aromatic heterocycles. The number of aromatic nitrogens is 2. The van der Waals surface area contributed by atoms with Crippen molar-refractivity contribution < 1.29 is 79.0 Å². The van der Waals surface area contributed by atoms with Gasteiger partial charge >= 0.3 is 37.1 Å². The van der Waals surface area contributed by atoms with Crippen LogP contribution in [0.25, 0.3) is 120 Å². The van der Waals surface area contributed by atoms with Crippen molar-refractivity contribution in [3.63, 3.8) is 0 Å². The number of aryl methyl sites for hydroxylation is 3. The number of rotatable bonds is 7. The van der Waals surface area contributed by atoms with Crippen molar-refractivity contribution in [2.24, 2.45) is 0 Å². The molecule has 0 saturated heterocycles. The van der Waals surface area contributed by atoms with Gasteiger partial charge in [-0.05, 0) is 155 Å². The maximum atomic E-state index is 15.5. The van der Waals surface area contributed by atoms with Crippen LogP contribution in [-0.2, 0) is 37.1 Å². The van der Waals surface area contributed by atoms with Crippen LogP contribution in [0.4, 0.5) is 90.4 Å². The smallest absolute Gasteiger partial charge is 0.308 e. The molecular formula is C71H38F18N4. The molecule has 12 aromatic rings. The summed E-state index contributed by atoms with van der Waals surface area (Å²) in [4.78, 5) is 7.08. The Bertz CT molecular complexity index is 5190. The highest BCUT2D eigenvalue weighted by atomic mass is 19.4. The van der Waals surface area contributed by atoms with Gasteiger partial charge in [-0.3, -0.25) is 0 Å². The molecule has 468 valence electrons. The molecule has 10 aromatic carbocycles. The monoisotopic (exact) mass is 1290 g/mol. The standard InChI is InChI=1S/C71H38F18N4/c1-35-9-17-45(54(25-35)69(81,82)83)39-12-20-49-50-22-14-41(47-24-16-43(67(75,76)77)32-56(47)71(87,88)89)31-61(50)92(60(49)29-39)63-33-52(65-53(68(78,79)80)7-6-8-57(65)90-4)58(91-5)34-64(63)93-59-28-38(44-23-15-42(27-37(44)3)66(72,73)74)11-19-48(59)51-21-13-40(30-62(51)93)46-18-10-36(2)26-55(46)70(84,85)86/h6-34H,1-3H3. The lowest BCUT2D eigenvalue weighted by Crippen LogP contribution is -2.12. The normalized spacial score (nSPS) is 12.8. The van der Waals surface area contributed by atoms with Crippen LogP contribution in [0.5, 0.6) is 0 Å². The first-order valence-corrected chi connectivity index (χ1v) is 27.7. The fourth-order valence-electron chi connectivity index (χ4n) is 12.3. The largest absolute Gasteiger partial charge is 0.417 e. The summed E-state index contributed by atoms with van der Waals surface area (Å²) in [5.74, 6) is 0. The summed E-state index contributed by atoms with van der Waals surface area (Å²) in [5, 5.41) is 0.695. The van der Waals surface area contributed by atoms with Gasteiger partial charge in [0.05, 0.1) is 80.0 Å². The third kappa shape index (κ3) is 11.1. The molecule has 93 heavy (non-hydrogen) atoms. The molecular weight excluding hydrogens is 1250 g/mol. The van der Waals surface area contributed by atoms with Crippen molar-refractivity contribution in [3.8, 4) is 67.0 Å². The Kier molecular flexibility index (Phi) is 14.7. The van der Waals surface area contributed by atoms with Gasteiger partial charge in [0.1, 0.15) is 0 Å². The van der Waals surface area contributed by atoms with Crippen LogP contribution in [-0.4, -0.2) is 9.13 Å². The molecule has 0 N–H and O–H groups in total. The number of nitrogens with zero attached hydrogens (tertiary/aromatic N) is 4. The average molecular weight is 1290 g/mol. The van der Waals surface area contributed by atoms with Crippen LogP contribution in [0.1, 0.15) is 50.1 Å². The molecule has 0 atom stereocenters. The molecule has 12 rings (SSSR count). The second-order valence-electron chi connectivity index (χ2n) is 22.3. The maximum Gasteiger partial charge on any atom is 0.417 e. The minimum Gasteiger partial charge on any atom is -0.308 e. The summed E-state index contributed by atoms with van der Waals surface area (Å²) in [6, 6.07) is 31.6. The lowest BCUT2D eigenvalue weighted by atomic mass is 9.94. The van der Waals surface area contributed by atoms with Crippen molar-refractivity contribution in [1.29, 1.82) is 0 Å². The second-order valence-corrected chi connectivity index (χ2v) is 22.3. The average Bonchev–Trinajstić information content (AvgIpc) is 1.19. The van der Waals surface area contributed by atoms with Crippen LogP contribution in [0.3, 0.4) is 0 Å². The molecule has 22 heteroatoms. The molecule has 0 fully saturated rings. The van der Waals surface area contributed by atoms with E-state index >= 15 is 52.7 Å². The third-order valence-electron chi connectivity index (χ3n) is 16.4. The SMILES string of the molecule is [C-]#[N+]c1cc(-n2c3cc(-c4ccc(C(F)(F)F)cc4C)ccc3c3ccc(-c4ccc(C)cc4C(F)(F)F)cc32)c(-n2c3cc(-c4ccc(C)cc4C(F)(F)F)ccc3c3ccc(-c4ccc(C(F)(F)F)cc4C(F)(F)F)cc32)cc1-c1c([N+]#[C-])cccc1C(F)(F)F. The lowest BCUT2D eigenvalue weighted by Gasteiger charge is -2.22. The Hall–Kier alpha value is -10.5. The molecule has 2 heterocycles. The Morgan fingerprint density at radius 1 is 0.301 bits per heavy atom. The first kappa shape index (κ1) is 62.7. The first-order chi connectivity index (χ1) is 43.5. The van der Waals surface area contributed by atoms with Crippen LogP contribution in [0.2, 0.25) is 0 Å². The maximum absolute atomic E-state index is 15.5. The van der Waals surface area contributed by atoms with Gasteiger partial charge < -0.3 is 9.13 Å².